The SMILES string of the molecule is CC1(C)OC[C@H]([C@H](CC=O)O[Si](C)(C)C(C)(C)C)O1. The van der Waals surface area contributed by atoms with Gasteiger partial charge in [0.15, 0.2) is 14.1 Å². The minimum Gasteiger partial charge on any atom is -0.411 e. The third-order valence-electron chi connectivity index (χ3n) is 4.03. The topological polar surface area (TPSA) is 44.8 Å². The molecule has 19 heavy (non-hydrogen) atoms. The van der Waals surface area contributed by atoms with Gasteiger partial charge in [-0.3, -0.25) is 0 Å². The van der Waals surface area contributed by atoms with E-state index in [4.69, 9.17) is 13.9 Å². The van der Waals surface area contributed by atoms with Crippen molar-refractivity contribution in [3.63, 3.8) is 0 Å². The van der Waals surface area contributed by atoms with Gasteiger partial charge in [0.2, 0.25) is 0 Å². The Morgan fingerprint density at radius 3 is 2.37 bits per heavy atom. The smallest absolute Gasteiger partial charge is 0.192 e. The lowest BCUT2D eigenvalue weighted by atomic mass is 10.2. The van der Waals surface area contributed by atoms with Gasteiger partial charge < -0.3 is 18.7 Å². The van der Waals surface area contributed by atoms with Crippen LogP contribution in [0.5, 0.6) is 0 Å². The number of ether oxygens (including phenoxy) is 2. The zero-order valence-corrected chi connectivity index (χ0v) is 14.3. The molecular formula is C14H28O4Si. The van der Waals surface area contributed by atoms with Crippen LogP contribution in [0.15, 0.2) is 0 Å². The Morgan fingerprint density at radius 1 is 1.42 bits per heavy atom. The van der Waals surface area contributed by atoms with Crippen LogP contribution < -0.4 is 0 Å². The highest BCUT2D eigenvalue weighted by molar-refractivity contribution is 6.74. The van der Waals surface area contributed by atoms with Crippen LogP contribution in [-0.4, -0.2) is 39.2 Å². The fraction of sp³-hybridized carbons (Fsp3) is 0.929. The highest BCUT2D eigenvalue weighted by Crippen LogP contribution is 2.39. The van der Waals surface area contributed by atoms with Crippen molar-refractivity contribution < 1.29 is 18.7 Å². The van der Waals surface area contributed by atoms with E-state index in [9.17, 15) is 4.79 Å². The molecule has 0 amide bonds. The van der Waals surface area contributed by atoms with Crippen molar-refractivity contribution in [1.29, 1.82) is 0 Å². The molecule has 1 heterocycles. The molecule has 4 nitrogen and oxygen atoms in total. The molecule has 0 N–H and O–H groups in total. The summed E-state index contributed by atoms with van der Waals surface area (Å²) in [5.41, 5.74) is 0. The number of carbonyl (C=O) groups excluding carboxylic acids is 1. The molecule has 1 aliphatic heterocycles. The maximum atomic E-state index is 10.9. The average Bonchev–Trinajstić information content (AvgIpc) is 2.56. The Balaban J connectivity index is 2.77. The summed E-state index contributed by atoms with van der Waals surface area (Å²) in [6.07, 6.45) is 0.901. The summed E-state index contributed by atoms with van der Waals surface area (Å²) in [5.74, 6) is -0.581. The standard InChI is InChI=1S/C14H28O4Si/c1-13(2,3)19(6,7)18-11(8-9-15)12-10-16-14(4,5)17-12/h9,11-12H,8,10H2,1-7H3/t11-,12+/m0/s1. The molecule has 0 saturated carbocycles. The molecule has 2 atom stereocenters. The molecule has 0 aliphatic carbocycles. The van der Waals surface area contributed by atoms with Crippen LogP contribution >= 0.6 is 0 Å². The van der Waals surface area contributed by atoms with E-state index in [1.807, 2.05) is 13.8 Å². The van der Waals surface area contributed by atoms with Crippen molar-refractivity contribution in [3.05, 3.63) is 0 Å². The second-order valence-corrected chi connectivity index (χ2v) is 11.9. The lowest BCUT2D eigenvalue weighted by molar-refractivity contribution is -0.150. The van der Waals surface area contributed by atoms with Crippen molar-refractivity contribution in [2.45, 2.75) is 77.2 Å². The molecule has 5 heteroatoms. The van der Waals surface area contributed by atoms with E-state index >= 15 is 0 Å². The van der Waals surface area contributed by atoms with E-state index < -0.39 is 14.1 Å². The first-order valence-electron chi connectivity index (χ1n) is 6.92. The summed E-state index contributed by atoms with van der Waals surface area (Å²) in [4.78, 5) is 10.9. The molecule has 0 unspecified atom stereocenters. The average molecular weight is 288 g/mol. The molecule has 0 spiro atoms. The normalized spacial score (nSPS) is 25.3. The fourth-order valence-electron chi connectivity index (χ4n) is 1.82. The predicted octanol–water partition coefficient (Wildman–Crippen LogP) is 3.12. The number of hydrogen-bond donors (Lipinski definition) is 0. The molecular weight excluding hydrogens is 260 g/mol. The van der Waals surface area contributed by atoms with E-state index in [2.05, 4.69) is 33.9 Å². The molecule has 0 radical (unpaired) electrons. The maximum Gasteiger partial charge on any atom is 0.192 e. The third kappa shape index (κ3) is 4.38. The van der Waals surface area contributed by atoms with Crippen molar-refractivity contribution in [2.75, 3.05) is 6.61 Å². The quantitative estimate of drug-likeness (QED) is 0.576. The monoisotopic (exact) mass is 288 g/mol. The zero-order chi connectivity index (χ0) is 14.9. The first kappa shape index (κ1) is 16.8. The molecule has 0 aromatic heterocycles. The minimum atomic E-state index is -1.91. The molecule has 0 aromatic carbocycles. The molecule has 1 aliphatic rings. The van der Waals surface area contributed by atoms with Gasteiger partial charge in [-0.05, 0) is 32.0 Å². The Kier molecular flexibility index (Phi) is 4.99. The van der Waals surface area contributed by atoms with E-state index in [-0.39, 0.29) is 17.2 Å². The molecule has 112 valence electrons. The summed E-state index contributed by atoms with van der Waals surface area (Å²) in [6, 6.07) is 0. The third-order valence-corrected chi connectivity index (χ3v) is 8.53. The van der Waals surface area contributed by atoms with Crippen LogP contribution in [0.2, 0.25) is 18.1 Å². The van der Waals surface area contributed by atoms with Crippen LogP contribution in [0.3, 0.4) is 0 Å². The summed E-state index contributed by atoms with van der Waals surface area (Å²) >= 11 is 0. The van der Waals surface area contributed by atoms with Gasteiger partial charge in [-0.25, -0.2) is 0 Å². The van der Waals surface area contributed by atoms with Gasteiger partial charge >= 0.3 is 0 Å². The van der Waals surface area contributed by atoms with Crippen LogP contribution in [0.25, 0.3) is 0 Å². The van der Waals surface area contributed by atoms with E-state index in [0.717, 1.165) is 6.29 Å². The van der Waals surface area contributed by atoms with Crippen LogP contribution in [0.1, 0.15) is 41.0 Å². The minimum absolute atomic E-state index is 0.114. The van der Waals surface area contributed by atoms with Gasteiger partial charge in [0.25, 0.3) is 0 Å². The Labute approximate surface area is 117 Å². The van der Waals surface area contributed by atoms with E-state index in [1.54, 1.807) is 0 Å². The zero-order valence-electron chi connectivity index (χ0n) is 13.3. The summed E-state index contributed by atoms with van der Waals surface area (Å²) in [6.45, 7) is 15.2. The van der Waals surface area contributed by atoms with Gasteiger partial charge in [-0.15, -0.1) is 0 Å². The molecule has 1 saturated heterocycles. The Bertz CT molecular complexity index is 320. The summed E-state index contributed by atoms with van der Waals surface area (Å²) in [5, 5.41) is 0.114. The van der Waals surface area contributed by atoms with Crippen molar-refractivity contribution >= 4 is 14.6 Å². The van der Waals surface area contributed by atoms with E-state index in [1.165, 1.54) is 0 Å². The first-order valence-corrected chi connectivity index (χ1v) is 9.82. The summed E-state index contributed by atoms with van der Waals surface area (Å²) < 4.78 is 17.7. The fourth-order valence-corrected chi connectivity index (χ4v) is 3.18. The second-order valence-electron chi connectivity index (χ2n) is 7.19. The molecule has 0 aromatic rings. The van der Waals surface area contributed by atoms with Crippen molar-refractivity contribution in [3.8, 4) is 0 Å². The highest BCUT2D eigenvalue weighted by Gasteiger charge is 2.44. The van der Waals surface area contributed by atoms with Gasteiger partial charge in [-0.1, -0.05) is 20.8 Å². The lowest BCUT2D eigenvalue weighted by Gasteiger charge is -2.40. The maximum absolute atomic E-state index is 10.9. The number of aldehydes is 1. The highest BCUT2D eigenvalue weighted by atomic mass is 28.4. The van der Waals surface area contributed by atoms with Gasteiger partial charge in [0.05, 0.1) is 12.7 Å². The summed E-state index contributed by atoms with van der Waals surface area (Å²) in [7, 11) is -1.91. The van der Waals surface area contributed by atoms with Gasteiger partial charge in [0, 0.05) is 6.42 Å². The van der Waals surface area contributed by atoms with Crippen molar-refractivity contribution in [1.82, 2.24) is 0 Å². The molecule has 0 bridgehead atoms. The number of hydrogen-bond acceptors (Lipinski definition) is 4. The van der Waals surface area contributed by atoms with Gasteiger partial charge in [-0.2, -0.15) is 0 Å². The number of carbonyl (C=O) groups is 1. The first-order chi connectivity index (χ1) is 8.48. The van der Waals surface area contributed by atoms with Crippen molar-refractivity contribution in [2.24, 2.45) is 0 Å². The molecule has 1 rings (SSSR count). The van der Waals surface area contributed by atoms with Crippen LogP contribution in [0, 0.1) is 0 Å². The van der Waals surface area contributed by atoms with Crippen LogP contribution in [-0.2, 0) is 18.7 Å². The largest absolute Gasteiger partial charge is 0.411 e. The van der Waals surface area contributed by atoms with Crippen LogP contribution in [0.4, 0.5) is 0 Å². The Morgan fingerprint density at radius 2 is 2.00 bits per heavy atom. The second kappa shape index (κ2) is 5.64. The lowest BCUT2D eigenvalue weighted by Crippen LogP contribution is -2.48. The van der Waals surface area contributed by atoms with E-state index in [0.29, 0.717) is 13.0 Å². The Hall–Kier alpha value is -0.233. The predicted molar refractivity (Wildman–Crippen MR) is 77.7 cm³/mol. The number of rotatable bonds is 5. The van der Waals surface area contributed by atoms with Gasteiger partial charge in [0.1, 0.15) is 12.4 Å². The molecule has 1 fully saturated rings.